The van der Waals surface area contributed by atoms with Gasteiger partial charge in [-0.1, -0.05) is 24.3 Å². The van der Waals surface area contributed by atoms with Crippen LogP contribution in [0, 0.1) is 5.82 Å². The van der Waals surface area contributed by atoms with E-state index in [0.717, 1.165) is 11.4 Å². The number of nitrogens with one attached hydrogen (secondary N) is 2. The van der Waals surface area contributed by atoms with Gasteiger partial charge in [-0.2, -0.15) is 0 Å². The molecule has 1 atom stereocenters. The van der Waals surface area contributed by atoms with Crippen LogP contribution in [-0.2, 0) is 4.79 Å². The highest BCUT2D eigenvalue weighted by Crippen LogP contribution is 2.26. The molecule has 2 aromatic rings. The second-order valence-corrected chi connectivity index (χ2v) is 4.97. The van der Waals surface area contributed by atoms with E-state index >= 15 is 0 Å². The van der Waals surface area contributed by atoms with Crippen molar-refractivity contribution in [2.45, 2.75) is 6.04 Å². The molecule has 1 heterocycles. The zero-order valence-corrected chi connectivity index (χ0v) is 11.6. The smallest absolute Gasteiger partial charge is 0.251 e. The summed E-state index contributed by atoms with van der Waals surface area (Å²) in [5, 5.41) is 6.40. The molecule has 4 nitrogen and oxygen atoms in total. The van der Waals surface area contributed by atoms with Crippen molar-refractivity contribution in [1.29, 1.82) is 0 Å². The average Bonchev–Trinajstić information content (AvgIpc) is 2.53. The SMILES string of the molecule is CN(C(=O)C1CNc2ccccc2N1)c1ccccc1F. The third-order valence-corrected chi connectivity index (χ3v) is 3.60. The van der Waals surface area contributed by atoms with Gasteiger partial charge in [0.2, 0.25) is 0 Å². The lowest BCUT2D eigenvalue weighted by molar-refractivity contribution is -0.118. The van der Waals surface area contributed by atoms with E-state index in [1.165, 1.54) is 11.0 Å². The summed E-state index contributed by atoms with van der Waals surface area (Å²) in [5.41, 5.74) is 2.13. The van der Waals surface area contributed by atoms with Crippen molar-refractivity contribution in [1.82, 2.24) is 0 Å². The van der Waals surface area contributed by atoms with Gasteiger partial charge in [0.05, 0.1) is 17.1 Å². The number of carbonyl (C=O) groups excluding carboxylic acids is 1. The molecular weight excluding hydrogens is 269 g/mol. The Kier molecular flexibility index (Phi) is 3.48. The number of fused-ring (bicyclic) bond motifs is 1. The van der Waals surface area contributed by atoms with Crippen LogP contribution < -0.4 is 15.5 Å². The van der Waals surface area contributed by atoms with Gasteiger partial charge in [-0.3, -0.25) is 4.79 Å². The first-order valence-electron chi connectivity index (χ1n) is 6.78. The molecule has 0 spiro atoms. The summed E-state index contributed by atoms with van der Waals surface area (Å²) in [6.45, 7) is 0.467. The van der Waals surface area contributed by atoms with E-state index in [1.54, 1.807) is 25.2 Å². The molecular formula is C16H16FN3O. The van der Waals surface area contributed by atoms with Crippen LogP contribution in [-0.4, -0.2) is 25.5 Å². The molecule has 0 aromatic heterocycles. The molecule has 0 aliphatic carbocycles. The fraction of sp³-hybridized carbons (Fsp3) is 0.188. The predicted molar refractivity (Wildman–Crippen MR) is 82.2 cm³/mol. The van der Waals surface area contributed by atoms with Gasteiger partial charge in [0, 0.05) is 13.6 Å². The lowest BCUT2D eigenvalue weighted by Crippen LogP contribution is -2.47. The standard InChI is InChI=1S/C16H16FN3O/c1-20(15-9-5-2-6-11(15)17)16(21)14-10-18-12-7-3-4-8-13(12)19-14/h2-9,14,18-19H,10H2,1H3. The first-order valence-corrected chi connectivity index (χ1v) is 6.78. The molecule has 0 bridgehead atoms. The van der Waals surface area contributed by atoms with E-state index in [9.17, 15) is 9.18 Å². The Morgan fingerprint density at radius 2 is 1.81 bits per heavy atom. The number of carbonyl (C=O) groups is 1. The van der Waals surface area contributed by atoms with Gasteiger partial charge in [-0.25, -0.2) is 4.39 Å². The molecule has 0 radical (unpaired) electrons. The van der Waals surface area contributed by atoms with Crippen LogP contribution in [0.5, 0.6) is 0 Å². The largest absolute Gasteiger partial charge is 0.381 e. The van der Waals surface area contributed by atoms with Crippen LogP contribution in [0.2, 0.25) is 0 Å². The first-order chi connectivity index (χ1) is 10.2. The van der Waals surface area contributed by atoms with Gasteiger partial charge in [0.1, 0.15) is 11.9 Å². The van der Waals surface area contributed by atoms with E-state index in [4.69, 9.17) is 0 Å². The van der Waals surface area contributed by atoms with E-state index in [0.29, 0.717) is 6.54 Å². The summed E-state index contributed by atoms with van der Waals surface area (Å²) in [4.78, 5) is 13.9. The molecule has 2 N–H and O–H groups in total. The van der Waals surface area contributed by atoms with Gasteiger partial charge in [-0.05, 0) is 24.3 Å². The first kappa shape index (κ1) is 13.4. The Hall–Kier alpha value is -2.56. The van der Waals surface area contributed by atoms with Crippen LogP contribution in [0.4, 0.5) is 21.5 Å². The van der Waals surface area contributed by atoms with Gasteiger partial charge < -0.3 is 15.5 Å². The molecule has 0 fully saturated rings. The second kappa shape index (κ2) is 5.44. The van der Waals surface area contributed by atoms with Crippen LogP contribution in [0.25, 0.3) is 0 Å². The maximum absolute atomic E-state index is 13.8. The van der Waals surface area contributed by atoms with Crippen molar-refractivity contribution < 1.29 is 9.18 Å². The van der Waals surface area contributed by atoms with Crippen LogP contribution in [0.3, 0.4) is 0 Å². The number of rotatable bonds is 2. The Labute approximate surface area is 122 Å². The van der Waals surface area contributed by atoms with Gasteiger partial charge in [-0.15, -0.1) is 0 Å². The van der Waals surface area contributed by atoms with E-state index in [-0.39, 0.29) is 11.6 Å². The molecule has 1 unspecified atom stereocenters. The van der Waals surface area contributed by atoms with E-state index < -0.39 is 11.9 Å². The van der Waals surface area contributed by atoms with Crippen molar-refractivity contribution in [3.05, 3.63) is 54.3 Å². The number of benzene rings is 2. The molecule has 1 aliphatic heterocycles. The number of hydrogen-bond acceptors (Lipinski definition) is 3. The highest BCUT2D eigenvalue weighted by Gasteiger charge is 2.27. The quantitative estimate of drug-likeness (QED) is 0.891. The molecule has 0 saturated carbocycles. The van der Waals surface area contributed by atoms with Crippen LogP contribution in [0.1, 0.15) is 0 Å². The minimum absolute atomic E-state index is 0.179. The van der Waals surface area contributed by atoms with Crippen LogP contribution in [0.15, 0.2) is 48.5 Å². The number of hydrogen-bond donors (Lipinski definition) is 2. The number of nitrogens with zero attached hydrogens (tertiary/aromatic N) is 1. The predicted octanol–water partition coefficient (Wildman–Crippen LogP) is 2.69. The van der Waals surface area contributed by atoms with Crippen molar-refractivity contribution in [2.75, 3.05) is 29.1 Å². The van der Waals surface area contributed by atoms with Gasteiger partial charge in [0.15, 0.2) is 0 Å². The average molecular weight is 285 g/mol. The Morgan fingerprint density at radius 3 is 2.57 bits per heavy atom. The number of likely N-dealkylation sites (N-methyl/N-ethyl adjacent to an activating group) is 1. The molecule has 2 aromatic carbocycles. The highest BCUT2D eigenvalue weighted by atomic mass is 19.1. The maximum Gasteiger partial charge on any atom is 0.251 e. The zero-order valence-electron chi connectivity index (χ0n) is 11.6. The third-order valence-electron chi connectivity index (χ3n) is 3.60. The fourth-order valence-corrected chi connectivity index (χ4v) is 2.44. The number of amides is 1. The number of halogens is 1. The molecule has 108 valence electrons. The topological polar surface area (TPSA) is 44.4 Å². The summed E-state index contributed by atoms with van der Waals surface area (Å²) in [5.74, 6) is -0.584. The summed E-state index contributed by atoms with van der Waals surface area (Å²) in [6.07, 6.45) is 0. The molecule has 5 heteroatoms. The maximum atomic E-state index is 13.8. The third kappa shape index (κ3) is 2.54. The summed E-state index contributed by atoms with van der Waals surface area (Å²) in [6, 6.07) is 13.5. The molecule has 1 amide bonds. The van der Waals surface area contributed by atoms with Gasteiger partial charge in [0.25, 0.3) is 5.91 Å². The minimum atomic E-state index is -0.426. The Morgan fingerprint density at radius 1 is 1.14 bits per heavy atom. The number of para-hydroxylation sites is 3. The summed E-state index contributed by atoms with van der Waals surface area (Å²) in [7, 11) is 1.59. The lowest BCUT2D eigenvalue weighted by Gasteiger charge is -2.30. The zero-order chi connectivity index (χ0) is 14.8. The fourth-order valence-electron chi connectivity index (χ4n) is 2.44. The van der Waals surface area contributed by atoms with Crippen molar-refractivity contribution in [3.8, 4) is 0 Å². The van der Waals surface area contributed by atoms with E-state index in [2.05, 4.69) is 10.6 Å². The summed E-state index contributed by atoms with van der Waals surface area (Å²) < 4.78 is 13.8. The van der Waals surface area contributed by atoms with Crippen LogP contribution >= 0.6 is 0 Å². The van der Waals surface area contributed by atoms with Crippen molar-refractivity contribution in [2.24, 2.45) is 0 Å². The monoisotopic (exact) mass is 285 g/mol. The molecule has 3 rings (SSSR count). The normalized spacial score (nSPS) is 16.4. The Bertz CT molecular complexity index is 674. The van der Waals surface area contributed by atoms with E-state index in [1.807, 2.05) is 24.3 Å². The molecule has 0 saturated heterocycles. The van der Waals surface area contributed by atoms with Gasteiger partial charge >= 0.3 is 0 Å². The second-order valence-electron chi connectivity index (χ2n) is 4.97. The summed E-state index contributed by atoms with van der Waals surface area (Å²) >= 11 is 0. The molecule has 21 heavy (non-hydrogen) atoms. The van der Waals surface area contributed by atoms with Crippen molar-refractivity contribution in [3.63, 3.8) is 0 Å². The minimum Gasteiger partial charge on any atom is -0.381 e. The number of anilines is 3. The highest BCUT2D eigenvalue weighted by molar-refractivity contribution is 6.00. The van der Waals surface area contributed by atoms with Crippen molar-refractivity contribution >= 4 is 23.0 Å². The lowest BCUT2D eigenvalue weighted by atomic mass is 10.1. The molecule has 1 aliphatic rings. The Balaban J connectivity index is 1.79.